The van der Waals surface area contributed by atoms with Crippen molar-refractivity contribution in [1.82, 2.24) is 10.2 Å². The molecule has 0 spiro atoms. The second-order valence-corrected chi connectivity index (χ2v) is 11.0. The minimum Gasteiger partial charge on any atom is -0.444 e. The lowest BCUT2D eigenvalue weighted by molar-refractivity contribution is -0.132. The first-order valence-electron chi connectivity index (χ1n) is 9.68. The Morgan fingerprint density at radius 3 is 2.48 bits per heavy atom. The van der Waals surface area contributed by atoms with E-state index in [2.05, 4.69) is 5.32 Å². The van der Waals surface area contributed by atoms with Crippen LogP contribution in [-0.4, -0.2) is 67.1 Å². The molecule has 2 rings (SSSR count). The zero-order valence-electron chi connectivity index (χ0n) is 16.7. The van der Waals surface area contributed by atoms with Crippen LogP contribution in [0, 0.1) is 5.92 Å². The van der Waals surface area contributed by atoms with Gasteiger partial charge in [0.1, 0.15) is 15.4 Å². The first-order chi connectivity index (χ1) is 12.4. The van der Waals surface area contributed by atoms with Crippen LogP contribution in [0.1, 0.15) is 53.4 Å². The van der Waals surface area contributed by atoms with Crippen LogP contribution in [0.15, 0.2) is 0 Å². The predicted molar refractivity (Wildman–Crippen MR) is 103 cm³/mol. The fourth-order valence-electron chi connectivity index (χ4n) is 3.94. The highest BCUT2D eigenvalue weighted by atomic mass is 32.2. The highest BCUT2D eigenvalue weighted by molar-refractivity contribution is 7.91. The number of ether oxygens (including phenoxy) is 1. The Morgan fingerprint density at radius 2 is 1.96 bits per heavy atom. The van der Waals surface area contributed by atoms with Gasteiger partial charge in [-0.3, -0.25) is 4.79 Å². The fourth-order valence-corrected chi connectivity index (χ4v) is 5.19. The van der Waals surface area contributed by atoms with Crippen LogP contribution in [0.5, 0.6) is 0 Å². The smallest absolute Gasteiger partial charge is 0.407 e. The second-order valence-electron chi connectivity index (χ2n) is 8.61. The predicted octanol–water partition coefficient (Wildman–Crippen LogP) is 1.04. The number of likely N-dealkylation sites (tertiary alicyclic amines) is 1. The number of carbonyl (C=O) groups is 2. The van der Waals surface area contributed by atoms with Crippen molar-refractivity contribution >= 4 is 21.8 Å². The van der Waals surface area contributed by atoms with Gasteiger partial charge in [0.25, 0.3) is 0 Å². The van der Waals surface area contributed by atoms with Crippen molar-refractivity contribution in [1.29, 1.82) is 0 Å². The number of sulfone groups is 1. The Bertz CT molecular complexity index is 658. The molecule has 27 heavy (non-hydrogen) atoms. The molecule has 2 aliphatic rings. The maximum Gasteiger partial charge on any atom is 0.407 e. The third kappa shape index (κ3) is 6.07. The standard InChI is InChI=1S/C18H33N3O5S/c1-5-27(24,25)11-12-10-13(20-17(23)26-18(2,3)4)6-7-15(12)21-9-8-14(19)16(21)22/h12-15H,5-11,19H2,1-4H3,(H,20,23)/t12?,13?,14-,15?/m0/s1. The van der Waals surface area contributed by atoms with Gasteiger partial charge in [-0.25, -0.2) is 13.2 Å². The van der Waals surface area contributed by atoms with E-state index in [4.69, 9.17) is 10.5 Å². The number of hydrogen-bond donors (Lipinski definition) is 2. The van der Waals surface area contributed by atoms with Gasteiger partial charge in [0.2, 0.25) is 5.91 Å². The molecule has 3 N–H and O–H groups in total. The quantitative estimate of drug-likeness (QED) is 0.708. The van der Waals surface area contributed by atoms with Crippen LogP contribution < -0.4 is 11.1 Å². The number of nitrogens with two attached hydrogens (primary N) is 1. The molecule has 1 aliphatic carbocycles. The molecule has 0 bridgehead atoms. The van der Waals surface area contributed by atoms with Gasteiger partial charge in [-0.2, -0.15) is 0 Å². The average Bonchev–Trinajstić information content (AvgIpc) is 2.85. The molecule has 0 radical (unpaired) electrons. The molecule has 4 atom stereocenters. The number of hydrogen-bond acceptors (Lipinski definition) is 6. The molecular formula is C18H33N3O5S. The zero-order valence-corrected chi connectivity index (χ0v) is 17.5. The molecular weight excluding hydrogens is 370 g/mol. The van der Waals surface area contributed by atoms with Gasteiger partial charge >= 0.3 is 6.09 Å². The van der Waals surface area contributed by atoms with Crippen molar-refractivity contribution in [3.8, 4) is 0 Å². The van der Waals surface area contributed by atoms with E-state index < -0.39 is 27.6 Å². The van der Waals surface area contributed by atoms with E-state index >= 15 is 0 Å². The Balaban J connectivity index is 2.10. The van der Waals surface area contributed by atoms with Crippen LogP contribution in [0.25, 0.3) is 0 Å². The largest absolute Gasteiger partial charge is 0.444 e. The van der Waals surface area contributed by atoms with Gasteiger partial charge in [0, 0.05) is 24.4 Å². The van der Waals surface area contributed by atoms with Gasteiger partial charge in [-0.05, 0) is 52.4 Å². The van der Waals surface area contributed by atoms with E-state index in [1.165, 1.54) is 0 Å². The minimum absolute atomic E-state index is 0.0136. The molecule has 9 heteroatoms. The van der Waals surface area contributed by atoms with Crippen molar-refractivity contribution < 1.29 is 22.7 Å². The number of carbonyl (C=O) groups excluding carboxylic acids is 2. The molecule has 156 valence electrons. The highest BCUT2D eigenvalue weighted by Crippen LogP contribution is 2.32. The van der Waals surface area contributed by atoms with E-state index in [9.17, 15) is 18.0 Å². The molecule has 1 saturated carbocycles. The molecule has 0 aromatic heterocycles. The van der Waals surface area contributed by atoms with Crippen molar-refractivity contribution in [2.75, 3.05) is 18.1 Å². The SMILES string of the molecule is CCS(=O)(=O)CC1CC(NC(=O)OC(C)(C)C)CCC1N1CC[C@H](N)C1=O. The maximum absolute atomic E-state index is 12.4. The zero-order chi connectivity index (χ0) is 20.4. The Morgan fingerprint density at radius 1 is 1.30 bits per heavy atom. The number of nitrogens with zero attached hydrogens (tertiary/aromatic N) is 1. The summed E-state index contributed by atoms with van der Waals surface area (Å²) in [5, 5.41) is 2.86. The van der Waals surface area contributed by atoms with Gasteiger partial charge in [0.05, 0.1) is 11.8 Å². The molecule has 8 nitrogen and oxygen atoms in total. The Labute approximate surface area is 162 Å². The molecule has 3 unspecified atom stereocenters. The van der Waals surface area contributed by atoms with Crippen molar-refractivity contribution in [2.24, 2.45) is 11.7 Å². The number of rotatable bonds is 5. The topological polar surface area (TPSA) is 119 Å². The van der Waals surface area contributed by atoms with Crippen LogP contribution >= 0.6 is 0 Å². The lowest BCUT2D eigenvalue weighted by Gasteiger charge is -2.41. The summed E-state index contributed by atoms with van der Waals surface area (Å²) in [6.07, 6.45) is 1.92. The summed E-state index contributed by atoms with van der Waals surface area (Å²) in [4.78, 5) is 26.2. The van der Waals surface area contributed by atoms with Gasteiger partial charge < -0.3 is 20.7 Å². The summed E-state index contributed by atoms with van der Waals surface area (Å²) in [5.74, 6) is -0.247. The molecule has 1 aliphatic heterocycles. The van der Waals surface area contributed by atoms with Crippen molar-refractivity contribution in [3.63, 3.8) is 0 Å². The van der Waals surface area contributed by atoms with E-state index in [-0.39, 0.29) is 35.4 Å². The second kappa shape index (κ2) is 8.34. The summed E-state index contributed by atoms with van der Waals surface area (Å²) in [5.41, 5.74) is 5.25. The summed E-state index contributed by atoms with van der Waals surface area (Å²) < 4.78 is 29.8. The first-order valence-corrected chi connectivity index (χ1v) is 11.5. The molecule has 2 fully saturated rings. The van der Waals surface area contributed by atoms with E-state index in [1.54, 1.807) is 32.6 Å². The van der Waals surface area contributed by atoms with Crippen LogP contribution in [-0.2, 0) is 19.4 Å². The van der Waals surface area contributed by atoms with Crippen LogP contribution in [0.3, 0.4) is 0 Å². The number of amides is 2. The molecule has 1 heterocycles. The highest BCUT2D eigenvalue weighted by Gasteiger charge is 2.42. The summed E-state index contributed by atoms with van der Waals surface area (Å²) in [7, 11) is -3.21. The van der Waals surface area contributed by atoms with Gasteiger partial charge in [-0.1, -0.05) is 6.92 Å². The summed E-state index contributed by atoms with van der Waals surface area (Å²) >= 11 is 0. The van der Waals surface area contributed by atoms with E-state index in [1.807, 2.05) is 0 Å². The number of alkyl carbamates (subject to hydrolysis) is 1. The van der Waals surface area contributed by atoms with Crippen LogP contribution in [0.2, 0.25) is 0 Å². The van der Waals surface area contributed by atoms with Gasteiger partial charge in [0.15, 0.2) is 0 Å². The lowest BCUT2D eigenvalue weighted by Crippen LogP contribution is -2.52. The lowest BCUT2D eigenvalue weighted by atomic mass is 9.81. The Kier molecular flexibility index (Phi) is 6.78. The summed E-state index contributed by atoms with van der Waals surface area (Å²) in [6.45, 7) is 7.57. The van der Waals surface area contributed by atoms with E-state index in [0.717, 1.165) is 0 Å². The number of nitrogens with one attached hydrogen (secondary N) is 1. The maximum atomic E-state index is 12.4. The normalized spacial score (nSPS) is 29.7. The van der Waals surface area contributed by atoms with Crippen molar-refractivity contribution in [3.05, 3.63) is 0 Å². The monoisotopic (exact) mass is 403 g/mol. The molecule has 2 amide bonds. The molecule has 0 aromatic carbocycles. The molecule has 1 saturated heterocycles. The first kappa shape index (κ1) is 21.9. The van der Waals surface area contributed by atoms with Crippen molar-refractivity contribution in [2.45, 2.75) is 77.1 Å². The third-order valence-electron chi connectivity index (χ3n) is 5.25. The summed E-state index contributed by atoms with van der Waals surface area (Å²) in [6, 6.07) is -0.811. The minimum atomic E-state index is -3.21. The average molecular weight is 404 g/mol. The van der Waals surface area contributed by atoms with E-state index in [0.29, 0.717) is 32.2 Å². The van der Waals surface area contributed by atoms with Gasteiger partial charge in [-0.15, -0.1) is 0 Å². The molecule has 0 aromatic rings. The third-order valence-corrected chi connectivity index (χ3v) is 7.07. The fraction of sp³-hybridized carbons (Fsp3) is 0.889. The van der Waals surface area contributed by atoms with Crippen LogP contribution in [0.4, 0.5) is 4.79 Å². The Hall–Kier alpha value is -1.35.